The van der Waals surface area contributed by atoms with Crippen molar-refractivity contribution in [1.82, 2.24) is 4.68 Å². The number of methoxy groups -OCH3 is 1. The van der Waals surface area contributed by atoms with Crippen LogP contribution < -0.4 is 5.56 Å². The maximum absolute atomic E-state index is 13.0. The molecule has 132 valence electrons. The second-order valence-corrected chi connectivity index (χ2v) is 6.03. The minimum atomic E-state index is -0.643. The Labute approximate surface area is 155 Å². The SMILES string of the molecule is CCC=Nn1c(C(=O)OC)c(-c2ccccc2)c2cc(Cl)ccc2c1=O. The van der Waals surface area contributed by atoms with Crippen LogP contribution >= 0.6 is 11.6 Å². The molecule has 0 spiro atoms. The summed E-state index contributed by atoms with van der Waals surface area (Å²) in [6.45, 7) is 1.89. The standard InChI is InChI=1S/C20H17ClN2O3/c1-3-11-22-23-18(20(25)26-2)17(13-7-5-4-6-8-13)16-12-14(21)9-10-15(16)19(23)24/h4-12H,3H2,1-2H3. The Balaban J connectivity index is 2.57. The number of carbonyl (C=O) groups is 1. The van der Waals surface area contributed by atoms with Crippen molar-refractivity contribution >= 4 is 34.6 Å². The molecule has 0 saturated heterocycles. The monoisotopic (exact) mass is 368 g/mol. The van der Waals surface area contributed by atoms with E-state index in [1.165, 1.54) is 7.11 Å². The number of halogens is 1. The lowest BCUT2D eigenvalue weighted by Crippen LogP contribution is -2.25. The molecule has 0 radical (unpaired) electrons. The zero-order valence-electron chi connectivity index (χ0n) is 14.4. The number of nitrogens with zero attached hydrogens (tertiary/aromatic N) is 2. The minimum absolute atomic E-state index is 0.0724. The Morgan fingerprint density at radius 1 is 1.19 bits per heavy atom. The van der Waals surface area contributed by atoms with Gasteiger partial charge >= 0.3 is 5.97 Å². The van der Waals surface area contributed by atoms with Gasteiger partial charge in [-0.25, -0.2) is 4.79 Å². The highest BCUT2D eigenvalue weighted by Crippen LogP contribution is 2.32. The molecule has 0 aliphatic carbocycles. The van der Waals surface area contributed by atoms with Gasteiger partial charge in [-0.3, -0.25) is 4.79 Å². The normalized spacial score (nSPS) is 11.2. The van der Waals surface area contributed by atoms with Crippen LogP contribution in [0.1, 0.15) is 23.8 Å². The van der Waals surface area contributed by atoms with Crippen molar-refractivity contribution < 1.29 is 9.53 Å². The molecule has 0 aliphatic heterocycles. The number of hydrogen-bond donors (Lipinski definition) is 0. The van der Waals surface area contributed by atoms with Crippen molar-refractivity contribution in [3.63, 3.8) is 0 Å². The molecule has 3 rings (SSSR count). The Bertz CT molecular complexity index is 1060. The molecule has 0 atom stereocenters. The molecule has 0 aliphatic rings. The third-order valence-electron chi connectivity index (χ3n) is 3.94. The summed E-state index contributed by atoms with van der Waals surface area (Å²) in [5.74, 6) is -0.643. The summed E-state index contributed by atoms with van der Waals surface area (Å²) >= 11 is 6.17. The van der Waals surface area contributed by atoms with Gasteiger partial charge in [-0.2, -0.15) is 9.78 Å². The predicted octanol–water partition coefficient (Wildman–Crippen LogP) is 4.35. The van der Waals surface area contributed by atoms with Gasteiger partial charge in [0.05, 0.1) is 7.11 Å². The molecule has 6 heteroatoms. The molecule has 0 N–H and O–H groups in total. The topological polar surface area (TPSA) is 60.7 Å². The molecule has 1 aromatic heterocycles. The molecule has 26 heavy (non-hydrogen) atoms. The molecular formula is C20H17ClN2O3. The molecule has 1 heterocycles. The number of hydrogen-bond acceptors (Lipinski definition) is 4. The Kier molecular flexibility index (Phi) is 5.19. The highest BCUT2D eigenvalue weighted by molar-refractivity contribution is 6.31. The maximum Gasteiger partial charge on any atom is 0.357 e. The van der Waals surface area contributed by atoms with Gasteiger partial charge in [0, 0.05) is 22.2 Å². The van der Waals surface area contributed by atoms with Gasteiger partial charge in [0.15, 0.2) is 5.69 Å². The lowest BCUT2D eigenvalue weighted by molar-refractivity contribution is 0.0589. The van der Waals surface area contributed by atoms with Crippen molar-refractivity contribution in [3.8, 4) is 11.1 Å². The smallest absolute Gasteiger partial charge is 0.357 e. The van der Waals surface area contributed by atoms with Gasteiger partial charge in [-0.05, 0) is 35.6 Å². The zero-order chi connectivity index (χ0) is 18.7. The molecule has 0 amide bonds. The highest BCUT2D eigenvalue weighted by atomic mass is 35.5. The van der Waals surface area contributed by atoms with Crippen LogP contribution in [0.3, 0.4) is 0 Å². The molecule has 0 saturated carbocycles. The molecular weight excluding hydrogens is 352 g/mol. The van der Waals surface area contributed by atoms with E-state index in [4.69, 9.17) is 16.3 Å². The second kappa shape index (κ2) is 7.54. The van der Waals surface area contributed by atoms with E-state index in [0.29, 0.717) is 27.8 Å². The Hall–Kier alpha value is -2.92. The zero-order valence-corrected chi connectivity index (χ0v) is 15.2. The first-order valence-electron chi connectivity index (χ1n) is 8.13. The quantitative estimate of drug-likeness (QED) is 0.508. The average Bonchev–Trinajstić information content (AvgIpc) is 2.67. The van der Waals surface area contributed by atoms with E-state index in [9.17, 15) is 9.59 Å². The van der Waals surface area contributed by atoms with Gasteiger partial charge in [0.1, 0.15) is 0 Å². The largest absolute Gasteiger partial charge is 0.464 e. The van der Waals surface area contributed by atoms with Crippen molar-refractivity contribution in [2.24, 2.45) is 5.10 Å². The molecule has 0 bridgehead atoms. The molecule has 0 unspecified atom stereocenters. The first kappa shape index (κ1) is 17.9. The summed E-state index contributed by atoms with van der Waals surface area (Å²) in [6.07, 6.45) is 2.19. The summed E-state index contributed by atoms with van der Waals surface area (Å²) in [6, 6.07) is 14.3. The van der Waals surface area contributed by atoms with Crippen molar-refractivity contribution in [3.05, 3.63) is 69.6 Å². The lowest BCUT2D eigenvalue weighted by atomic mass is 9.97. The fourth-order valence-electron chi connectivity index (χ4n) is 2.81. The van der Waals surface area contributed by atoms with E-state index in [1.54, 1.807) is 24.4 Å². The summed E-state index contributed by atoms with van der Waals surface area (Å²) < 4.78 is 6.05. The van der Waals surface area contributed by atoms with Crippen LogP contribution in [-0.4, -0.2) is 24.0 Å². The Morgan fingerprint density at radius 3 is 2.58 bits per heavy atom. The summed E-state index contributed by atoms with van der Waals surface area (Å²) in [5, 5.41) is 5.68. The van der Waals surface area contributed by atoms with E-state index in [-0.39, 0.29) is 5.69 Å². The van der Waals surface area contributed by atoms with Crippen molar-refractivity contribution in [2.75, 3.05) is 7.11 Å². The number of rotatable bonds is 4. The van der Waals surface area contributed by atoms with E-state index in [2.05, 4.69) is 5.10 Å². The summed E-state index contributed by atoms with van der Waals surface area (Å²) in [4.78, 5) is 25.6. The first-order chi connectivity index (χ1) is 12.6. The number of fused-ring (bicyclic) bond motifs is 1. The van der Waals surface area contributed by atoms with Crippen LogP contribution in [0.25, 0.3) is 21.9 Å². The van der Waals surface area contributed by atoms with Gasteiger partial charge in [-0.1, -0.05) is 48.9 Å². The van der Waals surface area contributed by atoms with E-state index in [1.807, 2.05) is 37.3 Å². The first-order valence-corrected chi connectivity index (χ1v) is 8.51. The fraction of sp³-hybridized carbons (Fsp3) is 0.150. The van der Waals surface area contributed by atoms with Crippen LogP contribution in [0.2, 0.25) is 5.02 Å². The van der Waals surface area contributed by atoms with Crippen LogP contribution in [-0.2, 0) is 4.74 Å². The minimum Gasteiger partial charge on any atom is -0.464 e. The summed E-state index contributed by atoms with van der Waals surface area (Å²) in [5.41, 5.74) is 0.994. The lowest BCUT2D eigenvalue weighted by Gasteiger charge is -2.15. The molecule has 5 nitrogen and oxygen atoms in total. The van der Waals surface area contributed by atoms with Crippen LogP contribution in [0.4, 0.5) is 0 Å². The number of esters is 1. The number of benzene rings is 2. The van der Waals surface area contributed by atoms with Gasteiger partial charge in [0.2, 0.25) is 0 Å². The highest BCUT2D eigenvalue weighted by Gasteiger charge is 2.24. The van der Waals surface area contributed by atoms with Crippen LogP contribution in [0.15, 0.2) is 58.4 Å². The van der Waals surface area contributed by atoms with Crippen molar-refractivity contribution in [1.29, 1.82) is 0 Å². The Morgan fingerprint density at radius 2 is 1.92 bits per heavy atom. The number of pyridine rings is 1. The number of carbonyl (C=O) groups excluding carboxylic acids is 1. The van der Waals surface area contributed by atoms with Gasteiger partial charge in [-0.15, -0.1) is 0 Å². The molecule has 3 aromatic rings. The van der Waals surface area contributed by atoms with E-state index < -0.39 is 11.5 Å². The van der Waals surface area contributed by atoms with Crippen LogP contribution in [0.5, 0.6) is 0 Å². The summed E-state index contributed by atoms with van der Waals surface area (Å²) in [7, 11) is 1.28. The number of aromatic nitrogens is 1. The third-order valence-corrected chi connectivity index (χ3v) is 4.18. The van der Waals surface area contributed by atoms with Crippen molar-refractivity contribution in [2.45, 2.75) is 13.3 Å². The van der Waals surface area contributed by atoms with Gasteiger partial charge in [0.25, 0.3) is 5.56 Å². The molecule has 2 aromatic carbocycles. The third kappa shape index (κ3) is 3.13. The number of ether oxygens (including phenoxy) is 1. The maximum atomic E-state index is 13.0. The fourth-order valence-corrected chi connectivity index (χ4v) is 2.99. The molecule has 0 fully saturated rings. The second-order valence-electron chi connectivity index (χ2n) is 5.59. The predicted molar refractivity (Wildman–Crippen MR) is 104 cm³/mol. The van der Waals surface area contributed by atoms with Gasteiger partial charge < -0.3 is 4.74 Å². The van der Waals surface area contributed by atoms with Crippen LogP contribution in [0, 0.1) is 0 Å². The van der Waals surface area contributed by atoms with E-state index in [0.717, 1.165) is 10.2 Å². The average molecular weight is 369 g/mol. The van der Waals surface area contributed by atoms with E-state index >= 15 is 0 Å².